The highest BCUT2D eigenvalue weighted by Crippen LogP contribution is 2.36. The van der Waals surface area contributed by atoms with Gasteiger partial charge in [0.2, 0.25) is 0 Å². The summed E-state index contributed by atoms with van der Waals surface area (Å²) in [5.74, 6) is 1.19. The van der Waals surface area contributed by atoms with Crippen molar-refractivity contribution in [2.24, 2.45) is 0 Å². The van der Waals surface area contributed by atoms with Gasteiger partial charge in [-0.15, -0.1) is 0 Å². The number of carbonyl (C=O) groups is 1. The first kappa shape index (κ1) is 17.6. The van der Waals surface area contributed by atoms with E-state index in [2.05, 4.69) is 0 Å². The SMILES string of the molecule is COc1ccc([C@H]2CCC[C@@H](CC(=O)OC(C)C)O2)cc1OC. The summed E-state index contributed by atoms with van der Waals surface area (Å²) < 4.78 is 21.9. The van der Waals surface area contributed by atoms with Crippen molar-refractivity contribution in [3.63, 3.8) is 0 Å². The summed E-state index contributed by atoms with van der Waals surface area (Å²) in [7, 11) is 3.24. The van der Waals surface area contributed by atoms with Crippen LogP contribution in [0.3, 0.4) is 0 Å². The molecule has 0 spiro atoms. The van der Waals surface area contributed by atoms with Gasteiger partial charge >= 0.3 is 5.97 Å². The monoisotopic (exact) mass is 322 g/mol. The lowest BCUT2D eigenvalue weighted by molar-refractivity contribution is -0.153. The molecule has 23 heavy (non-hydrogen) atoms. The molecule has 5 nitrogen and oxygen atoms in total. The molecule has 0 amide bonds. The highest BCUT2D eigenvalue weighted by Gasteiger charge is 2.27. The number of benzene rings is 1. The average molecular weight is 322 g/mol. The Morgan fingerprint density at radius 2 is 1.96 bits per heavy atom. The number of hydrogen-bond donors (Lipinski definition) is 0. The van der Waals surface area contributed by atoms with Crippen molar-refractivity contribution in [1.82, 2.24) is 0 Å². The predicted octanol–water partition coefficient (Wildman–Crippen LogP) is 3.66. The maximum absolute atomic E-state index is 11.8. The Balaban J connectivity index is 2.02. The van der Waals surface area contributed by atoms with Crippen molar-refractivity contribution < 1.29 is 23.7 Å². The minimum Gasteiger partial charge on any atom is -0.493 e. The average Bonchev–Trinajstić information content (AvgIpc) is 2.53. The molecule has 128 valence electrons. The van der Waals surface area contributed by atoms with E-state index in [-0.39, 0.29) is 24.3 Å². The Morgan fingerprint density at radius 1 is 1.22 bits per heavy atom. The van der Waals surface area contributed by atoms with E-state index in [1.165, 1.54) is 0 Å². The number of esters is 1. The molecular weight excluding hydrogens is 296 g/mol. The van der Waals surface area contributed by atoms with E-state index in [9.17, 15) is 4.79 Å². The standard InChI is InChI=1S/C18H26O5/c1-12(2)22-18(19)11-14-6-5-7-15(23-14)13-8-9-16(20-3)17(10-13)21-4/h8-10,12,14-15H,5-7,11H2,1-4H3/t14-,15+/m0/s1. The van der Waals surface area contributed by atoms with Crippen molar-refractivity contribution >= 4 is 5.97 Å². The lowest BCUT2D eigenvalue weighted by atomic mass is 9.97. The molecule has 0 aliphatic carbocycles. The van der Waals surface area contributed by atoms with Gasteiger partial charge in [0.1, 0.15) is 0 Å². The summed E-state index contributed by atoms with van der Waals surface area (Å²) in [6, 6.07) is 5.81. The van der Waals surface area contributed by atoms with Crippen LogP contribution in [0.4, 0.5) is 0 Å². The zero-order chi connectivity index (χ0) is 16.8. The fraction of sp³-hybridized carbons (Fsp3) is 0.611. The molecular formula is C18H26O5. The summed E-state index contributed by atoms with van der Waals surface area (Å²) in [5.41, 5.74) is 1.05. The van der Waals surface area contributed by atoms with Gasteiger partial charge in [0.05, 0.1) is 39.0 Å². The quantitative estimate of drug-likeness (QED) is 0.748. The Hall–Kier alpha value is -1.75. The van der Waals surface area contributed by atoms with Crippen LogP contribution in [-0.4, -0.2) is 32.4 Å². The second kappa shape index (κ2) is 8.20. The summed E-state index contributed by atoms with van der Waals surface area (Å²) >= 11 is 0. The molecule has 0 unspecified atom stereocenters. The second-order valence-corrected chi connectivity index (χ2v) is 6.03. The van der Waals surface area contributed by atoms with Crippen molar-refractivity contribution in [2.45, 2.75) is 57.8 Å². The maximum atomic E-state index is 11.8. The fourth-order valence-corrected chi connectivity index (χ4v) is 2.84. The molecule has 1 aliphatic rings. The predicted molar refractivity (Wildman–Crippen MR) is 86.9 cm³/mol. The van der Waals surface area contributed by atoms with Crippen LogP contribution in [0.25, 0.3) is 0 Å². The van der Waals surface area contributed by atoms with Crippen molar-refractivity contribution in [3.8, 4) is 11.5 Å². The molecule has 5 heteroatoms. The second-order valence-electron chi connectivity index (χ2n) is 6.03. The number of carbonyl (C=O) groups excluding carboxylic acids is 1. The first-order valence-corrected chi connectivity index (χ1v) is 8.10. The van der Waals surface area contributed by atoms with Gasteiger partial charge < -0.3 is 18.9 Å². The molecule has 0 bridgehead atoms. The lowest BCUT2D eigenvalue weighted by Crippen LogP contribution is -2.26. The van der Waals surface area contributed by atoms with Gasteiger partial charge in [0, 0.05) is 0 Å². The van der Waals surface area contributed by atoms with Crippen LogP contribution in [0.15, 0.2) is 18.2 Å². The van der Waals surface area contributed by atoms with E-state index >= 15 is 0 Å². The van der Waals surface area contributed by atoms with E-state index < -0.39 is 0 Å². The zero-order valence-electron chi connectivity index (χ0n) is 14.3. The molecule has 1 aromatic rings. The van der Waals surface area contributed by atoms with E-state index in [1.807, 2.05) is 32.0 Å². The van der Waals surface area contributed by atoms with Gasteiger partial charge in [0.15, 0.2) is 11.5 Å². The smallest absolute Gasteiger partial charge is 0.308 e. The Kier molecular flexibility index (Phi) is 6.28. The molecule has 2 atom stereocenters. The third-order valence-corrected chi connectivity index (χ3v) is 3.89. The van der Waals surface area contributed by atoms with Crippen LogP contribution < -0.4 is 9.47 Å². The molecule has 0 saturated carbocycles. The van der Waals surface area contributed by atoms with Crippen molar-refractivity contribution in [1.29, 1.82) is 0 Å². The van der Waals surface area contributed by atoms with Crippen LogP contribution in [0.2, 0.25) is 0 Å². The molecule has 1 saturated heterocycles. The largest absolute Gasteiger partial charge is 0.493 e. The number of hydrogen-bond acceptors (Lipinski definition) is 5. The first-order chi connectivity index (χ1) is 11.0. The number of rotatable bonds is 6. The minimum absolute atomic E-state index is 0.0274. The summed E-state index contributed by atoms with van der Waals surface area (Å²) in [6.45, 7) is 3.71. The first-order valence-electron chi connectivity index (χ1n) is 8.10. The molecule has 1 heterocycles. The van der Waals surface area contributed by atoms with Gasteiger partial charge in [-0.3, -0.25) is 4.79 Å². The molecule has 0 N–H and O–H groups in total. The van der Waals surface area contributed by atoms with Crippen LogP contribution in [0.1, 0.15) is 51.2 Å². The Morgan fingerprint density at radius 3 is 2.61 bits per heavy atom. The summed E-state index contributed by atoms with van der Waals surface area (Å²) in [5, 5.41) is 0. The Bertz CT molecular complexity index is 526. The molecule has 1 fully saturated rings. The van der Waals surface area contributed by atoms with Crippen LogP contribution >= 0.6 is 0 Å². The summed E-state index contributed by atoms with van der Waals surface area (Å²) in [4.78, 5) is 11.8. The van der Waals surface area contributed by atoms with Gasteiger partial charge in [-0.25, -0.2) is 0 Å². The maximum Gasteiger partial charge on any atom is 0.308 e. The molecule has 1 aliphatic heterocycles. The van der Waals surface area contributed by atoms with Crippen LogP contribution in [-0.2, 0) is 14.3 Å². The highest BCUT2D eigenvalue weighted by molar-refractivity contribution is 5.70. The normalized spacial score (nSPS) is 21.1. The third-order valence-electron chi connectivity index (χ3n) is 3.89. The zero-order valence-corrected chi connectivity index (χ0v) is 14.3. The van der Waals surface area contributed by atoms with E-state index in [4.69, 9.17) is 18.9 Å². The van der Waals surface area contributed by atoms with E-state index in [1.54, 1.807) is 14.2 Å². The third kappa shape index (κ3) is 4.86. The molecule has 1 aromatic carbocycles. The van der Waals surface area contributed by atoms with Gasteiger partial charge in [-0.05, 0) is 50.8 Å². The molecule has 0 aromatic heterocycles. The van der Waals surface area contributed by atoms with Crippen molar-refractivity contribution in [3.05, 3.63) is 23.8 Å². The fourth-order valence-electron chi connectivity index (χ4n) is 2.84. The van der Waals surface area contributed by atoms with Crippen molar-refractivity contribution in [2.75, 3.05) is 14.2 Å². The van der Waals surface area contributed by atoms with E-state index in [0.29, 0.717) is 17.9 Å². The topological polar surface area (TPSA) is 54.0 Å². The van der Waals surface area contributed by atoms with Crippen LogP contribution in [0, 0.1) is 0 Å². The molecule has 0 radical (unpaired) electrons. The minimum atomic E-state index is -0.196. The molecule has 2 rings (SSSR count). The van der Waals surface area contributed by atoms with Crippen LogP contribution in [0.5, 0.6) is 11.5 Å². The van der Waals surface area contributed by atoms with Gasteiger partial charge in [-0.1, -0.05) is 6.07 Å². The van der Waals surface area contributed by atoms with E-state index in [0.717, 1.165) is 24.8 Å². The lowest BCUT2D eigenvalue weighted by Gasteiger charge is -2.30. The number of methoxy groups -OCH3 is 2. The Labute approximate surface area is 137 Å². The van der Waals surface area contributed by atoms with Gasteiger partial charge in [0.25, 0.3) is 0 Å². The summed E-state index contributed by atoms with van der Waals surface area (Å²) in [6.07, 6.45) is 2.95. The number of ether oxygens (including phenoxy) is 4. The highest BCUT2D eigenvalue weighted by atomic mass is 16.5. The van der Waals surface area contributed by atoms with Gasteiger partial charge in [-0.2, -0.15) is 0 Å².